The number of aromatic hydroxyl groups is 1. The van der Waals surface area contributed by atoms with Gasteiger partial charge in [0.15, 0.2) is 0 Å². The van der Waals surface area contributed by atoms with Crippen LogP contribution in [0.15, 0.2) is 9.59 Å². The van der Waals surface area contributed by atoms with Gasteiger partial charge in [-0.05, 0) is 13.8 Å². The Balaban J connectivity index is 3.35. The van der Waals surface area contributed by atoms with Crippen LogP contribution in [0.4, 0.5) is 4.39 Å². The van der Waals surface area contributed by atoms with Crippen LogP contribution in [0.25, 0.3) is 0 Å². The largest absolute Gasteiger partial charge is 0.492 e. The summed E-state index contributed by atoms with van der Waals surface area (Å²) >= 11 is 0. The number of amides is 1. The van der Waals surface area contributed by atoms with E-state index in [-0.39, 0.29) is 0 Å². The maximum atomic E-state index is 13.2. The van der Waals surface area contributed by atoms with Crippen LogP contribution in [-0.2, 0) is 4.79 Å². The van der Waals surface area contributed by atoms with Crippen LogP contribution in [0.5, 0.6) is 5.88 Å². The van der Waals surface area contributed by atoms with E-state index >= 15 is 0 Å². The second-order valence-corrected chi connectivity index (χ2v) is 3.80. The molecule has 0 aliphatic carbocycles. The average molecular weight is 259 g/mol. The van der Waals surface area contributed by atoms with E-state index in [0.29, 0.717) is 11.1 Å². The van der Waals surface area contributed by atoms with Crippen molar-refractivity contribution in [2.75, 3.05) is 13.6 Å². The van der Waals surface area contributed by atoms with Crippen molar-refractivity contribution in [1.29, 1.82) is 0 Å². The summed E-state index contributed by atoms with van der Waals surface area (Å²) in [5, 5.41) is 9.43. The number of rotatable bonds is 3. The molecule has 0 radical (unpaired) electrons. The van der Waals surface area contributed by atoms with Gasteiger partial charge in [0.1, 0.15) is 6.04 Å². The van der Waals surface area contributed by atoms with Gasteiger partial charge >= 0.3 is 5.69 Å². The van der Waals surface area contributed by atoms with E-state index in [1.807, 2.05) is 0 Å². The first-order valence-electron chi connectivity index (χ1n) is 5.29. The smallest absolute Gasteiger partial charge is 0.332 e. The molecular formula is C10H14FN3O4. The molecule has 7 nitrogen and oxygen atoms in total. The van der Waals surface area contributed by atoms with Crippen molar-refractivity contribution >= 4 is 5.91 Å². The van der Waals surface area contributed by atoms with Crippen molar-refractivity contribution in [3.8, 4) is 5.88 Å². The summed E-state index contributed by atoms with van der Waals surface area (Å²) in [6.45, 7) is 3.44. The highest BCUT2D eigenvalue weighted by Gasteiger charge is 2.24. The lowest BCUT2D eigenvalue weighted by molar-refractivity contribution is -0.133. The summed E-state index contributed by atoms with van der Waals surface area (Å²) in [4.78, 5) is 37.2. The quantitative estimate of drug-likeness (QED) is 0.759. The molecule has 1 aromatic rings. The van der Waals surface area contributed by atoms with Gasteiger partial charge in [-0.25, -0.2) is 9.36 Å². The molecule has 0 aliphatic heterocycles. The number of carbonyl (C=O) groups is 1. The van der Waals surface area contributed by atoms with Crippen LogP contribution in [0.2, 0.25) is 0 Å². The zero-order chi connectivity index (χ0) is 14.0. The molecule has 0 fully saturated rings. The molecule has 1 aromatic heterocycles. The fraction of sp³-hybridized carbons (Fsp3) is 0.500. The molecular weight excluding hydrogens is 245 g/mol. The first kappa shape index (κ1) is 13.9. The molecule has 1 unspecified atom stereocenters. The van der Waals surface area contributed by atoms with E-state index in [2.05, 4.69) is 0 Å². The lowest BCUT2D eigenvalue weighted by atomic mass is 10.3. The number of nitrogens with zero attached hydrogens (tertiary/aromatic N) is 2. The van der Waals surface area contributed by atoms with Gasteiger partial charge in [0.05, 0.1) is 0 Å². The Morgan fingerprint density at radius 2 is 2.11 bits per heavy atom. The Kier molecular flexibility index (Phi) is 3.89. The molecule has 0 spiro atoms. The molecule has 1 heterocycles. The molecule has 2 N–H and O–H groups in total. The topological polar surface area (TPSA) is 95.4 Å². The summed E-state index contributed by atoms with van der Waals surface area (Å²) in [5.41, 5.74) is -2.36. The van der Waals surface area contributed by atoms with Crippen molar-refractivity contribution in [1.82, 2.24) is 14.5 Å². The fourth-order valence-corrected chi connectivity index (χ4v) is 1.46. The molecule has 1 atom stereocenters. The summed E-state index contributed by atoms with van der Waals surface area (Å²) in [7, 11) is 1.50. The molecule has 1 rings (SSSR count). The van der Waals surface area contributed by atoms with Gasteiger partial charge in [-0.1, -0.05) is 0 Å². The number of nitrogens with one attached hydrogen (secondary N) is 1. The number of aromatic amines is 1. The maximum absolute atomic E-state index is 13.2. The molecule has 0 saturated heterocycles. The van der Waals surface area contributed by atoms with E-state index in [4.69, 9.17) is 0 Å². The Bertz CT molecular complexity index is 577. The predicted octanol–water partition coefficient (Wildman–Crippen LogP) is -0.579. The number of halogens is 1. The minimum Gasteiger partial charge on any atom is -0.492 e. The molecule has 8 heteroatoms. The molecule has 0 aliphatic rings. The third-order valence-corrected chi connectivity index (χ3v) is 2.66. The normalized spacial score (nSPS) is 12.2. The third kappa shape index (κ3) is 2.27. The van der Waals surface area contributed by atoms with E-state index in [9.17, 15) is 23.9 Å². The van der Waals surface area contributed by atoms with Crippen LogP contribution >= 0.6 is 0 Å². The maximum Gasteiger partial charge on any atom is 0.332 e. The zero-order valence-electron chi connectivity index (χ0n) is 10.2. The van der Waals surface area contributed by atoms with Crippen LogP contribution in [0.3, 0.4) is 0 Å². The summed E-state index contributed by atoms with van der Waals surface area (Å²) < 4.78 is 13.7. The highest BCUT2D eigenvalue weighted by molar-refractivity contribution is 5.79. The first-order valence-corrected chi connectivity index (χ1v) is 5.29. The van der Waals surface area contributed by atoms with E-state index < -0.39 is 34.9 Å². The lowest BCUT2D eigenvalue weighted by Gasteiger charge is -2.21. The van der Waals surface area contributed by atoms with Crippen LogP contribution in [0.1, 0.15) is 19.9 Å². The Hall–Kier alpha value is -2.12. The summed E-state index contributed by atoms with van der Waals surface area (Å²) in [6.07, 6.45) is 0. The predicted molar refractivity (Wildman–Crippen MR) is 61.0 cm³/mol. The SMILES string of the molecule is CCN(C)C(=O)C(C)n1c(O)c(F)c(=O)[nH]c1=O. The van der Waals surface area contributed by atoms with E-state index in [0.717, 1.165) is 0 Å². The molecule has 100 valence electrons. The van der Waals surface area contributed by atoms with Gasteiger partial charge in [0, 0.05) is 13.6 Å². The Morgan fingerprint density at radius 1 is 1.56 bits per heavy atom. The monoisotopic (exact) mass is 259 g/mol. The van der Waals surface area contributed by atoms with Gasteiger partial charge in [-0.2, -0.15) is 4.39 Å². The summed E-state index contributed by atoms with van der Waals surface area (Å²) in [5.74, 6) is -3.12. The van der Waals surface area contributed by atoms with Gasteiger partial charge in [0.2, 0.25) is 17.6 Å². The highest BCUT2D eigenvalue weighted by Crippen LogP contribution is 2.15. The van der Waals surface area contributed by atoms with Crippen LogP contribution in [-0.4, -0.2) is 39.1 Å². The van der Waals surface area contributed by atoms with Crippen molar-refractivity contribution in [3.63, 3.8) is 0 Å². The average Bonchev–Trinajstić information content (AvgIpc) is 2.34. The Morgan fingerprint density at radius 3 is 2.61 bits per heavy atom. The number of likely N-dealkylation sites (N-methyl/N-ethyl adjacent to an activating group) is 1. The number of hydrogen-bond donors (Lipinski definition) is 2. The minimum atomic E-state index is -1.49. The van der Waals surface area contributed by atoms with Crippen LogP contribution in [0, 0.1) is 5.82 Å². The first-order chi connectivity index (χ1) is 8.31. The van der Waals surface area contributed by atoms with Crippen molar-refractivity contribution < 1.29 is 14.3 Å². The Labute approximate surface area is 101 Å². The third-order valence-electron chi connectivity index (χ3n) is 2.66. The lowest BCUT2D eigenvalue weighted by Crippen LogP contribution is -2.40. The highest BCUT2D eigenvalue weighted by atomic mass is 19.1. The molecule has 18 heavy (non-hydrogen) atoms. The molecule has 0 saturated carbocycles. The van der Waals surface area contributed by atoms with Crippen molar-refractivity contribution in [3.05, 3.63) is 26.7 Å². The van der Waals surface area contributed by atoms with E-state index in [1.165, 1.54) is 18.9 Å². The minimum absolute atomic E-state index is 0.393. The van der Waals surface area contributed by atoms with Crippen molar-refractivity contribution in [2.24, 2.45) is 0 Å². The second kappa shape index (κ2) is 5.03. The van der Waals surface area contributed by atoms with Gasteiger partial charge < -0.3 is 10.0 Å². The van der Waals surface area contributed by atoms with E-state index in [1.54, 1.807) is 11.9 Å². The number of carbonyl (C=O) groups excluding carboxylic acids is 1. The van der Waals surface area contributed by atoms with Crippen molar-refractivity contribution in [2.45, 2.75) is 19.9 Å². The zero-order valence-corrected chi connectivity index (χ0v) is 10.2. The second-order valence-electron chi connectivity index (χ2n) is 3.80. The van der Waals surface area contributed by atoms with Crippen LogP contribution < -0.4 is 11.2 Å². The number of H-pyrrole nitrogens is 1. The number of aromatic nitrogens is 2. The van der Waals surface area contributed by atoms with Gasteiger partial charge in [-0.15, -0.1) is 0 Å². The van der Waals surface area contributed by atoms with Gasteiger partial charge in [-0.3, -0.25) is 14.6 Å². The molecule has 0 bridgehead atoms. The standard InChI is InChI=1S/C10H14FN3O4/c1-4-13(3)8(16)5(2)14-9(17)6(11)7(15)12-10(14)18/h5,17H,4H2,1-3H3,(H,12,15,18). The molecule has 1 amide bonds. The summed E-state index contributed by atoms with van der Waals surface area (Å²) in [6, 6.07) is -1.12. The van der Waals surface area contributed by atoms with Gasteiger partial charge in [0.25, 0.3) is 5.56 Å². The number of hydrogen-bond acceptors (Lipinski definition) is 4. The molecule has 0 aromatic carbocycles. The fourth-order valence-electron chi connectivity index (χ4n) is 1.46.